The van der Waals surface area contributed by atoms with Crippen molar-refractivity contribution in [1.29, 1.82) is 0 Å². The van der Waals surface area contributed by atoms with Gasteiger partial charge in [-0.2, -0.15) is 0 Å². The molecule has 1 aliphatic carbocycles. The Labute approximate surface area is 116 Å². The fourth-order valence-electron chi connectivity index (χ4n) is 2.88. The molecule has 0 saturated heterocycles. The minimum atomic E-state index is -3.23. The summed E-state index contributed by atoms with van der Waals surface area (Å²) >= 11 is 0. The molecular formula is C15H23NO2S. The highest BCUT2D eigenvalue weighted by Crippen LogP contribution is 2.28. The van der Waals surface area contributed by atoms with Crippen LogP contribution in [0.3, 0.4) is 0 Å². The molecule has 106 valence electrons. The minimum Gasteiger partial charge on any atom is -0.316 e. The Hall–Kier alpha value is -0.870. The Bertz CT molecular complexity index is 507. The van der Waals surface area contributed by atoms with Crippen LogP contribution < -0.4 is 5.32 Å². The van der Waals surface area contributed by atoms with Crippen molar-refractivity contribution in [3.63, 3.8) is 0 Å². The lowest BCUT2D eigenvalue weighted by Gasteiger charge is -2.24. The Kier molecular flexibility index (Phi) is 4.63. The van der Waals surface area contributed by atoms with E-state index in [2.05, 4.69) is 5.32 Å². The third-order valence-corrected chi connectivity index (χ3v) is 6.36. The first kappa shape index (κ1) is 14.5. The van der Waals surface area contributed by atoms with Crippen LogP contribution in [0.1, 0.15) is 37.7 Å². The van der Waals surface area contributed by atoms with Gasteiger partial charge in [-0.1, -0.05) is 37.0 Å². The van der Waals surface area contributed by atoms with Gasteiger partial charge in [0.1, 0.15) is 0 Å². The molecule has 0 spiro atoms. The van der Waals surface area contributed by atoms with Crippen LogP contribution >= 0.6 is 0 Å². The van der Waals surface area contributed by atoms with Crippen molar-refractivity contribution < 1.29 is 8.42 Å². The van der Waals surface area contributed by atoms with E-state index in [0.717, 1.165) is 37.7 Å². The molecule has 1 N–H and O–H groups in total. The molecule has 1 fully saturated rings. The average Bonchev–Trinajstić information content (AvgIpc) is 2.64. The molecule has 0 amide bonds. The molecule has 1 saturated carbocycles. The van der Waals surface area contributed by atoms with Crippen LogP contribution in [-0.4, -0.2) is 26.8 Å². The minimum absolute atomic E-state index is 0.0776. The standard InChI is InChI=1S/C15H23NO2S/c1-12-8-10-13(11-9-12)19(17,18)15-7-5-3-4-6-14(15)16-2/h8-11,14-16H,3-7H2,1-2H3. The highest BCUT2D eigenvalue weighted by molar-refractivity contribution is 7.92. The van der Waals surface area contributed by atoms with E-state index < -0.39 is 9.84 Å². The number of rotatable bonds is 3. The van der Waals surface area contributed by atoms with Gasteiger partial charge in [-0.05, 0) is 38.9 Å². The summed E-state index contributed by atoms with van der Waals surface area (Å²) in [6, 6.07) is 7.30. The highest BCUT2D eigenvalue weighted by atomic mass is 32.2. The van der Waals surface area contributed by atoms with Gasteiger partial charge in [-0.15, -0.1) is 0 Å². The van der Waals surface area contributed by atoms with Gasteiger partial charge in [0.25, 0.3) is 0 Å². The molecule has 1 aromatic carbocycles. The molecule has 19 heavy (non-hydrogen) atoms. The number of hydrogen-bond donors (Lipinski definition) is 1. The molecule has 1 aromatic rings. The molecule has 4 heteroatoms. The highest BCUT2D eigenvalue weighted by Gasteiger charge is 2.34. The van der Waals surface area contributed by atoms with E-state index >= 15 is 0 Å². The number of aryl methyl sites for hydroxylation is 1. The largest absolute Gasteiger partial charge is 0.316 e. The van der Waals surface area contributed by atoms with Crippen LogP contribution in [0.25, 0.3) is 0 Å². The predicted octanol–water partition coefficient (Wildman–Crippen LogP) is 2.69. The van der Waals surface area contributed by atoms with Crippen molar-refractivity contribution in [2.45, 2.75) is 55.2 Å². The third-order valence-electron chi connectivity index (χ3n) is 4.07. The van der Waals surface area contributed by atoms with Gasteiger partial charge in [-0.3, -0.25) is 0 Å². The zero-order chi connectivity index (χ0) is 13.9. The zero-order valence-corrected chi connectivity index (χ0v) is 12.5. The average molecular weight is 281 g/mol. The molecule has 0 aromatic heterocycles. The molecule has 2 atom stereocenters. The molecule has 0 bridgehead atoms. The van der Waals surface area contributed by atoms with Crippen LogP contribution in [-0.2, 0) is 9.84 Å². The van der Waals surface area contributed by atoms with Crippen molar-refractivity contribution in [3.8, 4) is 0 Å². The molecule has 0 radical (unpaired) electrons. The van der Waals surface area contributed by atoms with Gasteiger partial charge in [0.15, 0.2) is 9.84 Å². The van der Waals surface area contributed by atoms with E-state index in [9.17, 15) is 8.42 Å². The van der Waals surface area contributed by atoms with E-state index in [4.69, 9.17) is 0 Å². The summed E-state index contributed by atoms with van der Waals surface area (Å²) in [5.41, 5.74) is 1.09. The number of benzene rings is 1. The van der Waals surface area contributed by atoms with E-state index in [1.54, 1.807) is 12.1 Å². The van der Waals surface area contributed by atoms with E-state index in [1.807, 2.05) is 26.1 Å². The van der Waals surface area contributed by atoms with Gasteiger partial charge in [0.05, 0.1) is 10.1 Å². The third kappa shape index (κ3) is 3.18. The van der Waals surface area contributed by atoms with Crippen LogP contribution in [0.2, 0.25) is 0 Å². The van der Waals surface area contributed by atoms with E-state index in [-0.39, 0.29) is 11.3 Å². The smallest absolute Gasteiger partial charge is 0.182 e. The first-order valence-corrected chi connectivity index (χ1v) is 8.58. The summed E-state index contributed by atoms with van der Waals surface area (Å²) in [5, 5.41) is 2.91. The molecule has 2 rings (SSSR count). The SMILES string of the molecule is CNC1CCCCCC1S(=O)(=O)c1ccc(C)cc1. The van der Waals surface area contributed by atoms with Gasteiger partial charge in [0, 0.05) is 6.04 Å². The van der Waals surface area contributed by atoms with Gasteiger partial charge < -0.3 is 5.32 Å². The summed E-state index contributed by atoms with van der Waals surface area (Å²) < 4.78 is 25.6. The molecule has 0 heterocycles. The van der Waals surface area contributed by atoms with Crippen LogP contribution in [0.4, 0.5) is 0 Å². The Balaban J connectivity index is 2.33. The summed E-state index contributed by atoms with van der Waals surface area (Å²) in [5.74, 6) is 0. The van der Waals surface area contributed by atoms with Crippen LogP contribution in [0, 0.1) is 6.92 Å². The second-order valence-corrected chi connectivity index (χ2v) is 7.60. The second-order valence-electron chi connectivity index (χ2n) is 5.43. The van der Waals surface area contributed by atoms with Gasteiger partial charge in [-0.25, -0.2) is 8.42 Å². The summed E-state index contributed by atoms with van der Waals surface area (Å²) in [6.07, 6.45) is 4.98. The Morgan fingerprint density at radius 1 is 1.05 bits per heavy atom. The van der Waals surface area contributed by atoms with Crippen molar-refractivity contribution in [3.05, 3.63) is 29.8 Å². The monoisotopic (exact) mass is 281 g/mol. The van der Waals surface area contributed by atoms with Crippen molar-refractivity contribution >= 4 is 9.84 Å². The zero-order valence-electron chi connectivity index (χ0n) is 11.7. The van der Waals surface area contributed by atoms with E-state index in [1.165, 1.54) is 0 Å². The first-order valence-electron chi connectivity index (χ1n) is 7.03. The normalized spacial score (nSPS) is 24.9. The number of nitrogens with one attached hydrogen (secondary N) is 1. The predicted molar refractivity (Wildman–Crippen MR) is 78.1 cm³/mol. The lowest BCUT2D eigenvalue weighted by Crippen LogP contribution is -2.41. The first-order chi connectivity index (χ1) is 9.05. The Morgan fingerprint density at radius 3 is 2.32 bits per heavy atom. The summed E-state index contributed by atoms with van der Waals surface area (Å²) in [6.45, 7) is 1.97. The maximum Gasteiger partial charge on any atom is 0.182 e. The maximum absolute atomic E-state index is 12.8. The molecule has 1 aliphatic rings. The molecule has 0 aliphatic heterocycles. The van der Waals surface area contributed by atoms with E-state index in [0.29, 0.717) is 4.90 Å². The molecule has 2 unspecified atom stereocenters. The topological polar surface area (TPSA) is 46.2 Å². The summed E-state index contributed by atoms with van der Waals surface area (Å²) in [4.78, 5) is 0.463. The van der Waals surface area contributed by atoms with Crippen molar-refractivity contribution in [2.24, 2.45) is 0 Å². The quantitative estimate of drug-likeness (QED) is 0.867. The fourth-order valence-corrected chi connectivity index (χ4v) is 4.92. The maximum atomic E-state index is 12.8. The lowest BCUT2D eigenvalue weighted by molar-refractivity contribution is 0.480. The fraction of sp³-hybridized carbons (Fsp3) is 0.600. The van der Waals surface area contributed by atoms with Crippen molar-refractivity contribution in [2.75, 3.05) is 7.05 Å². The molecule has 3 nitrogen and oxygen atoms in total. The van der Waals surface area contributed by atoms with Crippen molar-refractivity contribution in [1.82, 2.24) is 5.32 Å². The lowest BCUT2D eigenvalue weighted by atomic mass is 10.1. The van der Waals surface area contributed by atoms with Crippen LogP contribution in [0.5, 0.6) is 0 Å². The summed E-state index contributed by atoms with van der Waals surface area (Å²) in [7, 11) is -1.36. The van der Waals surface area contributed by atoms with Gasteiger partial charge in [0.2, 0.25) is 0 Å². The number of hydrogen-bond acceptors (Lipinski definition) is 3. The molecular weight excluding hydrogens is 258 g/mol. The van der Waals surface area contributed by atoms with Gasteiger partial charge >= 0.3 is 0 Å². The number of sulfone groups is 1. The van der Waals surface area contributed by atoms with Crippen LogP contribution in [0.15, 0.2) is 29.2 Å². The Morgan fingerprint density at radius 2 is 1.68 bits per heavy atom. The second kappa shape index (κ2) is 6.06.